The molecule has 472 valence electrons. The van der Waals surface area contributed by atoms with E-state index < -0.39 is 86.8 Å². The maximum absolute atomic E-state index is 13.3. The Bertz CT molecular complexity index is 1440. The number of nitrogens with one attached hydrogen (secondary N) is 1. The lowest BCUT2D eigenvalue weighted by Crippen LogP contribution is -2.65. The highest BCUT2D eigenvalue weighted by Gasteiger charge is 2.51. The van der Waals surface area contributed by atoms with Gasteiger partial charge in [0.1, 0.15) is 48.8 Å². The van der Waals surface area contributed by atoms with Crippen molar-refractivity contribution in [3.05, 3.63) is 24.3 Å². The average molecular weight is 1140 g/mol. The predicted octanol–water partition coefficient (Wildman–Crippen LogP) is 12.8. The quantitative estimate of drug-likeness (QED) is 0.0204. The average Bonchev–Trinajstić information content (AvgIpc) is 3.46. The van der Waals surface area contributed by atoms with Gasteiger partial charge in [-0.1, -0.05) is 269 Å². The number of aliphatic hydroxyl groups is 8. The molecule has 9 N–H and O–H groups in total. The van der Waals surface area contributed by atoms with Crippen LogP contribution in [0, 0.1) is 0 Å². The normalized spacial score (nSPS) is 24.3. The van der Waals surface area contributed by atoms with Gasteiger partial charge in [-0.2, -0.15) is 0 Å². The summed E-state index contributed by atoms with van der Waals surface area (Å²) < 4.78 is 22.8. The van der Waals surface area contributed by atoms with Crippen LogP contribution in [-0.2, 0) is 23.7 Å². The summed E-state index contributed by atoms with van der Waals surface area (Å²) in [5, 5.41) is 87.2. The van der Waals surface area contributed by atoms with Gasteiger partial charge in [0.05, 0.1) is 32.0 Å². The van der Waals surface area contributed by atoms with Crippen molar-refractivity contribution >= 4 is 5.91 Å². The van der Waals surface area contributed by atoms with Crippen molar-refractivity contribution < 1.29 is 64.6 Å². The highest BCUT2D eigenvalue weighted by atomic mass is 16.7. The van der Waals surface area contributed by atoms with E-state index in [2.05, 4.69) is 43.5 Å². The molecular formula is C66H125NO13. The van der Waals surface area contributed by atoms with Gasteiger partial charge < -0.3 is 65.1 Å². The zero-order valence-corrected chi connectivity index (χ0v) is 51.1. The molecule has 14 heteroatoms. The van der Waals surface area contributed by atoms with Gasteiger partial charge in [-0.05, 0) is 44.9 Å². The molecule has 14 nitrogen and oxygen atoms in total. The number of hydrogen-bond acceptors (Lipinski definition) is 13. The molecule has 12 atom stereocenters. The largest absolute Gasteiger partial charge is 0.394 e. The first-order valence-electron chi connectivity index (χ1n) is 33.6. The number of ether oxygens (including phenoxy) is 4. The van der Waals surface area contributed by atoms with Crippen molar-refractivity contribution in [2.75, 3.05) is 19.8 Å². The number of carbonyl (C=O) groups excluding carboxylic acids is 1. The second-order valence-corrected chi connectivity index (χ2v) is 24.0. The standard InChI is InChI=1S/C66H125NO13/c1-3-5-7-9-11-13-15-16-17-18-19-20-21-22-23-24-25-26-27-28-29-30-31-32-33-34-35-36-37-38-40-42-44-46-48-50-58(71)67-54(55(70)49-47-45-43-41-39-14-12-10-8-6-4-2)53-77-65-63(76)61(74)64(57(52-69)79-65)80-66-62(75)60(73)59(72)56(51-68)78-66/h15-16,18-19,54-57,59-66,68-70,72-76H,3-14,17,20-53H2,1-2H3,(H,67,71)/b16-15-,19-18-. The fourth-order valence-electron chi connectivity index (χ4n) is 11.3. The number of rotatable bonds is 55. The smallest absolute Gasteiger partial charge is 0.220 e. The van der Waals surface area contributed by atoms with E-state index in [1.54, 1.807) is 0 Å². The van der Waals surface area contributed by atoms with Crippen LogP contribution in [-0.4, -0.2) is 140 Å². The molecule has 1 amide bonds. The van der Waals surface area contributed by atoms with Gasteiger partial charge in [0, 0.05) is 6.42 Å². The van der Waals surface area contributed by atoms with Gasteiger partial charge in [0.2, 0.25) is 5.91 Å². The molecule has 2 fully saturated rings. The second kappa shape index (κ2) is 51.9. The van der Waals surface area contributed by atoms with Crippen LogP contribution in [0.2, 0.25) is 0 Å². The summed E-state index contributed by atoms with van der Waals surface area (Å²) in [7, 11) is 0. The van der Waals surface area contributed by atoms with E-state index in [9.17, 15) is 45.6 Å². The third-order valence-corrected chi connectivity index (χ3v) is 16.7. The molecule has 2 saturated heterocycles. The van der Waals surface area contributed by atoms with Crippen molar-refractivity contribution in [2.45, 2.75) is 370 Å². The molecule has 12 unspecified atom stereocenters. The Morgan fingerprint density at radius 2 is 0.825 bits per heavy atom. The molecule has 0 aromatic carbocycles. The predicted molar refractivity (Wildman–Crippen MR) is 323 cm³/mol. The van der Waals surface area contributed by atoms with Crippen LogP contribution in [0.25, 0.3) is 0 Å². The summed E-state index contributed by atoms with van der Waals surface area (Å²) in [5.74, 6) is -0.202. The zero-order chi connectivity index (χ0) is 58.1. The Hall–Kier alpha value is -1.53. The minimum Gasteiger partial charge on any atom is -0.394 e. The van der Waals surface area contributed by atoms with Crippen LogP contribution < -0.4 is 5.32 Å². The number of carbonyl (C=O) groups is 1. The lowest BCUT2D eigenvalue weighted by atomic mass is 9.97. The third-order valence-electron chi connectivity index (χ3n) is 16.7. The fourth-order valence-corrected chi connectivity index (χ4v) is 11.3. The maximum Gasteiger partial charge on any atom is 0.220 e. The van der Waals surface area contributed by atoms with Gasteiger partial charge in [-0.15, -0.1) is 0 Å². The first kappa shape index (κ1) is 74.6. The van der Waals surface area contributed by atoms with E-state index in [1.807, 2.05) is 0 Å². The second-order valence-electron chi connectivity index (χ2n) is 24.0. The van der Waals surface area contributed by atoms with E-state index >= 15 is 0 Å². The third kappa shape index (κ3) is 36.3. The number of amides is 1. The monoisotopic (exact) mass is 1140 g/mol. The van der Waals surface area contributed by atoms with E-state index in [1.165, 1.54) is 212 Å². The molecule has 2 aliphatic rings. The molecule has 2 aliphatic heterocycles. The zero-order valence-electron chi connectivity index (χ0n) is 51.1. The summed E-state index contributed by atoms with van der Waals surface area (Å²) in [6.07, 6.45) is 46.5. The van der Waals surface area contributed by atoms with Crippen LogP contribution in [0.4, 0.5) is 0 Å². The molecule has 0 radical (unpaired) electrons. The summed E-state index contributed by atoms with van der Waals surface area (Å²) in [5.41, 5.74) is 0. The van der Waals surface area contributed by atoms with Crippen LogP contribution in [0.1, 0.15) is 296 Å². The maximum atomic E-state index is 13.3. The molecule has 0 aliphatic carbocycles. The van der Waals surface area contributed by atoms with Gasteiger partial charge in [0.25, 0.3) is 0 Å². The topological polar surface area (TPSA) is 228 Å². The van der Waals surface area contributed by atoms with E-state index in [0.29, 0.717) is 12.8 Å². The molecule has 80 heavy (non-hydrogen) atoms. The Kier molecular flexibility index (Phi) is 48.3. The van der Waals surface area contributed by atoms with Gasteiger partial charge in [0.15, 0.2) is 12.6 Å². The molecule has 0 spiro atoms. The fraction of sp³-hybridized carbons (Fsp3) is 0.924. The lowest BCUT2D eigenvalue weighted by molar-refractivity contribution is -0.359. The molecule has 0 bridgehead atoms. The van der Waals surface area contributed by atoms with Crippen molar-refractivity contribution in [3.8, 4) is 0 Å². The summed E-state index contributed by atoms with van der Waals surface area (Å²) in [6.45, 7) is 2.86. The molecule has 2 rings (SSSR count). The van der Waals surface area contributed by atoms with Gasteiger partial charge in [-0.25, -0.2) is 0 Å². The van der Waals surface area contributed by atoms with E-state index in [4.69, 9.17) is 18.9 Å². The molecule has 0 saturated carbocycles. The van der Waals surface area contributed by atoms with E-state index in [0.717, 1.165) is 57.8 Å². The lowest BCUT2D eigenvalue weighted by Gasteiger charge is -2.46. The van der Waals surface area contributed by atoms with Crippen molar-refractivity contribution in [1.82, 2.24) is 5.32 Å². The summed E-state index contributed by atoms with van der Waals surface area (Å²) >= 11 is 0. The van der Waals surface area contributed by atoms with Crippen molar-refractivity contribution in [1.29, 1.82) is 0 Å². The van der Waals surface area contributed by atoms with Gasteiger partial charge in [-0.3, -0.25) is 4.79 Å². The number of hydrogen-bond donors (Lipinski definition) is 9. The first-order chi connectivity index (χ1) is 39.1. The Balaban J connectivity index is 1.56. The van der Waals surface area contributed by atoms with E-state index in [-0.39, 0.29) is 12.5 Å². The molecule has 2 heterocycles. The first-order valence-corrected chi connectivity index (χ1v) is 33.6. The van der Waals surface area contributed by atoms with Crippen LogP contribution in [0.15, 0.2) is 24.3 Å². The SMILES string of the molecule is CCCCCCC/C=C\C/C=C\CCCCCCCCCCCCCCCCCCCCCCCCCC(=O)NC(COC1OC(CO)C(OC2OC(CO)C(O)C(O)C2O)C(O)C1O)C(O)CCCCCCCCCCCCC. The van der Waals surface area contributed by atoms with Crippen molar-refractivity contribution in [2.24, 2.45) is 0 Å². The number of unbranched alkanes of at least 4 members (excludes halogenated alkanes) is 38. The molecule has 0 aromatic heterocycles. The molecular weight excluding hydrogens is 1010 g/mol. The number of aliphatic hydroxyl groups excluding tert-OH is 8. The minimum absolute atomic E-state index is 0.202. The van der Waals surface area contributed by atoms with Gasteiger partial charge >= 0.3 is 0 Å². The Morgan fingerprint density at radius 3 is 1.25 bits per heavy atom. The summed E-state index contributed by atoms with van der Waals surface area (Å²) in [6, 6.07) is -0.824. The molecule has 0 aromatic rings. The minimum atomic E-state index is -1.78. The number of allylic oxidation sites excluding steroid dienone is 4. The Labute approximate surface area is 488 Å². The highest BCUT2D eigenvalue weighted by molar-refractivity contribution is 5.76. The summed E-state index contributed by atoms with van der Waals surface area (Å²) in [4.78, 5) is 13.3. The van der Waals surface area contributed by atoms with Crippen LogP contribution in [0.3, 0.4) is 0 Å². The Morgan fingerprint density at radius 1 is 0.450 bits per heavy atom. The van der Waals surface area contributed by atoms with Crippen molar-refractivity contribution in [3.63, 3.8) is 0 Å². The van der Waals surface area contributed by atoms with Crippen LogP contribution >= 0.6 is 0 Å². The van der Waals surface area contributed by atoms with Crippen LogP contribution in [0.5, 0.6) is 0 Å². The highest BCUT2D eigenvalue weighted by Crippen LogP contribution is 2.30.